The Kier molecular flexibility index (Phi) is 10.7. The van der Waals surface area contributed by atoms with Crippen LogP contribution in [0.15, 0.2) is 30.3 Å². The quantitative estimate of drug-likeness (QED) is 0.220. The number of fused-ring (bicyclic) bond motifs is 1. The Morgan fingerprint density at radius 1 is 0.956 bits per heavy atom. The molecule has 45 heavy (non-hydrogen) atoms. The van der Waals surface area contributed by atoms with Crippen LogP contribution in [0.1, 0.15) is 73.9 Å². The van der Waals surface area contributed by atoms with Gasteiger partial charge in [0.15, 0.2) is 0 Å². The molecule has 0 amide bonds. The average Bonchev–Trinajstić information content (AvgIpc) is 3.58. The predicted octanol–water partition coefficient (Wildman–Crippen LogP) is 7.08. The lowest BCUT2D eigenvalue weighted by molar-refractivity contribution is -0.148. The molecule has 0 spiro atoms. The van der Waals surface area contributed by atoms with Crippen molar-refractivity contribution in [1.82, 2.24) is 20.2 Å². The standard InChI is InChI=1S/C30H36F6N6O2.ClH/c1-6-25(28(3,4)26(43)44)42(7-2)24-14-20-10-8-9-19(20)13-21(24)17-41(27-37-39-40(5)38-27)16-18-11-22(29(31,32)33)15-23(12-18)30(34,35)36;/h11-15,25H,6-10,16-17H2,1-5H3,(H,43,44);1H/t25-;/m0./s1. The largest absolute Gasteiger partial charge is 0.481 e. The van der Waals surface area contributed by atoms with Gasteiger partial charge in [-0.1, -0.05) is 18.1 Å². The molecule has 3 aromatic rings. The molecule has 0 saturated carbocycles. The van der Waals surface area contributed by atoms with Gasteiger partial charge in [-0.3, -0.25) is 4.79 Å². The van der Waals surface area contributed by atoms with Crippen LogP contribution >= 0.6 is 12.4 Å². The monoisotopic (exact) mass is 662 g/mol. The number of aryl methyl sites for hydroxylation is 3. The molecule has 8 nitrogen and oxygen atoms in total. The van der Waals surface area contributed by atoms with Crippen molar-refractivity contribution in [3.8, 4) is 0 Å². The van der Waals surface area contributed by atoms with E-state index in [-0.39, 0.29) is 43.1 Å². The zero-order valence-corrected chi connectivity index (χ0v) is 26.4. The molecule has 15 heteroatoms. The molecule has 0 aliphatic heterocycles. The van der Waals surface area contributed by atoms with Gasteiger partial charge in [-0.25, -0.2) is 0 Å². The molecule has 1 aliphatic rings. The van der Waals surface area contributed by atoms with Gasteiger partial charge in [0.05, 0.1) is 23.6 Å². The summed E-state index contributed by atoms with van der Waals surface area (Å²) in [7, 11) is 1.50. The number of hydrogen-bond donors (Lipinski definition) is 1. The number of benzene rings is 2. The Labute approximate surface area is 263 Å². The number of carboxylic acids is 1. The van der Waals surface area contributed by atoms with E-state index in [9.17, 15) is 36.2 Å². The van der Waals surface area contributed by atoms with Crippen molar-refractivity contribution in [3.63, 3.8) is 0 Å². The van der Waals surface area contributed by atoms with Gasteiger partial charge < -0.3 is 14.9 Å². The third kappa shape index (κ3) is 7.82. The highest BCUT2D eigenvalue weighted by atomic mass is 35.5. The molecule has 1 atom stereocenters. The number of halogens is 7. The van der Waals surface area contributed by atoms with E-state index >= 15 is 0 Å². The fourth-order valence-corrected chi connectivity index (χ4v) is 6.01. The summed E-state index contributed by atoms with van der Waals surface area (Å²) in [6.07, 6.45) is -6.87. The van der Waals surface area contributed by atoms with E-state index in [0.717, 1.165) is 46.4 Å². The normalized spacial score (nSPS) is 14.1. The number of carbonyl (C=O) groups is 1. The number of alkyl halides is 6. The Balaban J connectivity index is 0.00000552. The second-order valence-electron chi connectivity index (χ2n) is 11.7. The van der Waals surface area contributed by atoms with Crippen LogP contribution in [0.2, 0.25) is 0 Å². The highest BCUT2D eigenvalue weighted by Crippen LogP contribution is 2.39. The number of carboxylic acid groups (broad SMARTS) is 1. The number of tetrazole rings is 1. The SMILES string of the molecule is CC[C@H](N(CC)c1cc2c(cc1CN(Cc1cc(C(F)(F)F)cc(C(F)(F)F)c1)c1nnn(C)n1)CCC2)C(C)(C)C(=O)O.Cl. The highest BCUT2D eigenvalue weighted by Gasteiger charge is 2.40. The molecule has 4 rings (SSSR count). The van der Waals surface area contributed by atoms with Crippen LogP contribution in [0, 0.1) is 5.41 Å². The van der Waals surface area contributed by atoms with E-state index in [0.29, 0.717) is 25.1 Å². The number of anilines is 2. The molecule has 1 aromatic heterocycles. The van der Waals surface area contributed by atoms with Crippen LogP contribution in [0.4, 0.5) is 38.0 Å². The minimum Gasteiger partial charge on any atom is -0.481 e. The van der Waals surface area contributed by atoms with Gasteiger partial charge in [-0.2, -0.15) is 31.1 Å². The van der Waals surface area contributed by atoms with Gasteiger partial charge >= 0.3 is 18.3 Å². The average molecular weight is 663 g/mol. The minimum absolute atomic E-state index is 0. The lowest BCUT2D eigenvalue weighted by Crippen LogP contribution is -2.49. The van der Waals surface area contributed by atoms with Crippen molar-refractivity contribution in [2.75, 3.05) is 16.3 Å². The van der Waals surface area contributed by atoms with Gasteiger partial charge in [-0.05, 0) is 98.2 Å². The van der Waals surface area contributed by atoms with Gasteiger partial charge in [0, 0.05) is 31.4 Å². The van der Waals surface area contributed by atoms with Crippen molar-refractivity contribution >= 4 is 30.0 Å². The summed E-state index contributed by atoms with van der Waals surface area (Å²) < 4.78 is 81.9. The molecule has 0 unspecified atom stereocenters. The summed E-state index contributed by atoms with van der Waals surface area (Å²) in [5.41, 5.74) is -0.478. The summed E-state index contributed by atoms with van der Waals surface area (Å²) in [5.74, 6) is -0.938. The highest BCUT2D eigenvalue weighted by molar-refractivity contribution is 5.85. The van der Waals surface area contributed by atoms with Crippen LogP contribution in [-0.4, -0.2) is 43.9 Å². The first kappa shape index (κ1) is 35.9. The van der Waals surface area contributed by atoms with Gasteiger partial charge in [-0.15, -0.1) is 17.5 Å². The number of aromatic nitrogens is 4. The molecular weight excluding hydrogens is 626 g/mol. The molecule has 1 N–H and O–H groups in total. The third-order valence-electron chi connectivity index (χ3n) is 8.25. The van der Waals surface area contributed by atoms with Crippen molar-refractivity contribution in [3.05, 3.63) is 63.7 Å². The zero-order valence-electron chi connectivity index (χ0n) is 25.6. The van der Waals surface area contributed by atoms with Crippen molar-refractivity contribution in [2.24, 2.45) is 12.5 Å². The zero-order chi connectivity index (χ0) is 32.6. The van der Waals surface area contributed by atoms with Gasteiger partial charge in [0.25, 0.3) is 5.95 Å². The maximum absolute atomic E-state index is 13.7. The second-order valence-corrected chi connectivity index (χ2v) is 11.7. The molecule has 1 aliphatic carbocycles. The maximum Gasteiger partial charge on any atom is 0.416 e. The Morgan fingerprint density at radius 2 is 1.53 bits per heavy atom. The Hall–Kier alpha value is -3.55. The first-order valence-electron chi connectivity index (χ1n) is 14.4. The molecule has 0 saturated heterocycles. The lowest BCUT2D eigenvalue weighted by Gasteiger charge is -2.41. The Morgan fingerprint density at radius 3 is 2.00 bits per heavy atom. The first-order chi connectivity index (χ1) is 20.4. The molecule has 248 valence electrons. The van der Waals surface area contributed by atoms with Crippen LogP contribution in [-0.2, 0) is 50.1 Å². The molecule has 0 bridgehead atoms. The maximum atomic E-state index is 13.7. The molecule has 0 radical (unpaired) electrons. The third-order valence-corrected chi connectivity index (χ3v) is 8.25. The fourth-order valence-electron chi connectivity index (χ4n) is 6.01. The summed E-state index contributed by atoms with van der Waals surface area (Å²) in [5, 5.41) is 22.1. The molecule has 1 heterocycles. The first-order valence-corrected chi connectivity index (χ1v) is 14.4. The van der Waals surface area contributed by atoms with Crippen LogP contribution in [0.5, 0.6) is 0 Å². The summed E-state index contributed by atoms with van der Waals surface area (Å²) in [6.45, 7) is 7.27. The fraction of sp³-hybridized carbons (Fsp3) is 0.533. The number of rotatable bonds is 11. The number of hydrogen-bond acceptors (Lipinski definition) is 6. The topological polar surface area (TPSA) is 87.4 Å². The van der Waals surface area contributed by atoms with Gasteiger partial charge in [0.2, 0.25) is 0 Å². The van der Waals surface area contributed by atoms with E-state index in [1.165, 1.54) is 11.9 Å². The van der Waals surface area contributed by atoms with E-state index < -0.39 is 40.9 Å². The summed E-state index contributed by atoms with van der Waals surface area (Å²) >= 11 is 0. The van der Waals surface area contributed by atoms with Crippen LogP contribution in [0.3, 0.4) is 0 Å². The lowest BCUT2D eigenvalue weighted by atomic mass is 9.81. The van der Waals surface area contributed by atoms with Crippen molar-refractivity contribution in [1.29, 1.82) is 0 Å². The van der Waals surface area contributed by atoms with E-state index in [1.54, 1.807) is 13.8 Å². The predicted molar refractivity (Wildman–Crippen MR) is 159 cm³/mol. The van der Waals surface area contributed by atoms with E-state index in [1.807, 2.05) is 30.9 Å². The van der Waals surface area contributed by atoms with E-state index in [2.05, 4.69) is 15.4 Å². The van der Waals surface area contributed by atoms with Crippen molar-refractivity contribution in [2.45, 2.75) is 84.9 Å². The number of aliphatic carboxylic acids is 1. The molecule has 0 fully saturated rings. The summed E-state index contributed by atoms with van der Waals surface area (Å²) in [4.78, 5) is 17.0. The summed E-state index contributed by atoms with van der Waals surface area (Å²) in [6, 6.07) is 5.12. The number of nitrogens with zero attached hydrogens (tertiary/aromatic N) is 6. The molecular formula is C30H37ClF6N6O2. The smallest absolute Gasteiger partial charge is 0.416 e. The second kappa shape index (κ2) is 13.4. The molecule has 2 aromatic carbocycles. The van der Waals surface area contributed by atoms with Crippen LogP contribution < -0.4 is 9.80 Å². The van der Waals surface area contributed by atoms with Gasteiger partial charge in [0.1, 0.15) is 0 Å². The minimum atomic E-state index is -4.99. The Bertz CT molecular complexity index is 1470. The van der Waals surface area contributed by atoms with Crippen molar-refractivity contribution < 1.29 is 36.2 Å². The van der Waals surface area contributed by atoms with Crippen LogP contribution in [0.25, 0.3) is 0 Å². The van der Waals surface area contributed by atoms with E-state index in [4.69, 9.17) is 0 Å².